The van der Waals surface area contributed by atoms with Gasteiger partial charge in [-0.15, -0.1) is 0 Å². The van der Waals surface area contributed by atoms with Crippen LogP contribution < -0.4 is 10.2 Å². The number of anilines is 2. The highest BCUT2D eigenvalue weighted by molar-refractivity contribution is 6.42. The maximum Gasteiger partial charge on any atom is 0.347 e. The van der Waals surface area contributed by atoms with Gasteiger partial charge < -0.3 is 15.3 Å². The third-order valence-electron chi connectivity index (χ3n) is 5.45. The molecule has 2 aromatic rings. The molecule has 1 aliphatic rings. The van der Waals surface area contributed by atoms with Gasteiger partial charge in [-0.2, -0.15) is 5.06 Å². The summed E-state index contributed by atoms with van der Waals surface area (Å²) in [4.78, 5) is 40.3. The number of halogens is 4. The number of carbonyl (C=O) groups is 3. The fourth-order valence-corrected chi connectivity index (χ4v) is 4.43. The van der Waals surface area contributed by atoms with E-state index in [1.165, 1.54) is 57.2 Å². The van der Waals surface area contributed by atoms with Crippen LogP contribution in [0.1, 0.15) is 20.8 Å². The highest BCUT2D eigenvalue weighted by Gasteiger charge is 2.58. The van der Waals surface area contributed by atoms with Gasteiger partial charge in [0, 0.05) is 11.4 Å². The number of hydrogen-bond donors (Lipinski definition) is 3. The van der Waals surface area contributed by atoms with E-state index in [0.717, 1.165) is 9.80 Å². The van der Waals surface area contributed by atoms with Crippen molar-refractivity contribution in [1.29, 1.82) is 0 Å². The smallest absolute Gasteiger partial charge is 0.347 e. The maximum atomic E-state index is 13.5. The van der Waals surface area contributed by atoms with Gasteiger partial charge in [0.05, 0.1) is 25.6 Å². The van der Waals surface area contributed by atoms with Gasteiger partial charge >= 0.3 is 18.0 Å². The second kappa shape index (κ2) is 9.67. The molecule has 3 N–H and O–H groups in total. The number of carboxylic acids is 1. The topological polar surface area (TPSA) is 113 Å². The van der Waals surface area contributed by atoms with Crippen LogP contribution in [-0.4, -0.2) is 56.1 Å². The van der Waals surface area contributed by atoms with Crippen LogP contribution in [0.15, 0.2) is 36.4 Å². The second-order valence-corrected chi connectivity index (χ2v) is 9.69. The number of rotatable bonds is 5. The molecule has 0 spiro atoms. The molecule has 0 aromatic heterocycles. The van der Waals surface area contributed by atoms with Gasteiger partial charge in [0.2, 0.25) is 0 Å². The molecule has 13 heteroatoms. The van der Waals surface area contributed by atoms with Crippen LogP contribution in [-0.2, 0) is 4.79 Å². The predicted molar refractivity (Wildman–Crippen MR) is 130 cm³/mol. The molecule has 2 unspecified atom stereocenters. The van der Waals surface area contributed by atoms with Gasteiger partial charge in [-0.1, -0.05) is 46.4 Å². The van der Waals surface area contributed by atoms with Crippen molar-refractivity contribution >= 4 is 75.8 Å². The summed E-state index contributed by atoms with van der Waals surface area (Å²) in [6.45, 7) is 4.39. The third kappa shape index (κ3) is 4.71. The lowest BCUT2D eigenvalue weighted by molar-refractivity contribution is -0.145. The number of carboxylic acid groups (broad SMARTS) is 1. The van der Waals surface area contributed by atoms with Crippen molar-refractivity contribution in [2.45, 2.75) is 38.5 Å². The first kappa shape index (κ1) is 26.2. The van der Waals surface area contributed by atoms with Crippen molar-refractivity contribution < 1.29 is 24.7 Å². The number of hydroxylamine groups is 2. The molecule has 34 heavy (non-hydrogen) atoms. The van der Waals surface area contributed by atoms with E-state index < -0.39 is 35.8 Å². The molecule has 0 bridgehead atoms. The third-order valence-corrected chi connectivity index (χ3v) is 6.92. The Morgan fingerprint density at radius 2 is 1.59 bits per heavy atom. The van der Waals surface area contributed by atoms with Crippen molar-refractivity contribution in [2.24, 2.45) is 0 Å². The fourth-order valence-electron chi connectivity index (χ4n) is 3.84. The van der Waals surface area contributed by atoms with Crippen molar-refractivity contribution in [2.75, 3.05) is 10.2 Å². The normalized spacial score (nSPS) is 18.1. The molecule has 2 aromatic carbocycles. The van der Waals surface area contributed by atoms with Crippen LogP contribution in [0.5, 0.6) is 0 Å². The summed E-state index contributed by atoms with van der Waals surface area (Å²) in [5.74, 6) is -1.26. The quantitative estimate of drug-likeness (QED) is 0.310. The summed E-state index contributed by atoms with van der Waals surface area (Å²) in [5, 5.41) is 24.1. The number of aliphatic carboxylic acids is 1. The molecule has 0 radical (unpaired) electrons. The molecule has 0 saturated carbocycles. The minimum absolute atomic E-state index is 0.123. The monoisotopic (exact) mass is 548 g/mol. The second-order valence-electron chi connectivity index (χ2n) is 8.07. The molecule has 3 rings (SSSR count). The average Bonchev–Trinajstić information content (AvgIpc) is 2.96. The van der Waals surface area contributed by atoms with Crippen molar-refractivity contribution in [3.05, 3.63) is 56.5 Å². The van der Waals surface area contributed by atoms with Gasteiger partial charge in [-0.25, -0.2) is 14.4 Å². The zero-order chi connectivity index (χ0) is 25.5. The van der Waals surface area contributed by atoms with E-state index in [4.69, 9.17) is 46.4 Å². The van der Waals surface area contributed by atoms with Gasteiger partial charge in [0.15, 0.2) is 6.17 Å². The highest BCUT2D eigenvalue weighted by Crippen LogP contribution is 2.40. The zero-order valence-corrected chi connectivity index (χ0v) is 21.1. The molecule has 1 heterocycles. The lowest BCUT2D eigenvalue weighted by Gasteiger charge is -2.39. The minimum Gasteiger partial charge on any atom is -0.480 e. The van der Waals surface area contributed by atoms with Crippen molar-refractivity contribution in [1.82, 2.24) is 9.96 Å². The summed E-state index contributed by atoms with van der Waals surface area (Å²) in [5.41, 5.74) is -0.943. The number of urea groups is 2. The molecule has 4 amide bonds. The van der Waals surface area contributed by atoms with Gasteiger partial charge in [-0.3, -0.25) is 10.1 Å². The van der Waals surface area contributed by atoms with E-state index in [0.29, 0.717) is 5.06 Å². The molecule has 1 fully saturated rings. The van der Waals surface area contributed by atoms with E-state index in [1.54, 1.807) is 0 Å². The first-order chi connectivity index (χ1) is 15.8. The van der Waals surface area contributed by atoms with Gasteiger partial charge in [0.25, 0.3) is 0 Å². The highest BCUT2D eigenvalue weighted by atomic mass is 35.5. The van der Waals surface area contributed by atoms with Crippen LogP contribution in [0.2, 0.25) is 20.1 Å². The number of hydrogen-bond acceptors (Lipinski definition) is 4. The largest absolute Gasteiger partial charge is 0.480 e. The van der Waals surface area contributed by atoms with E-state index in [-0.39, 0.29) is 31.5 Å². The molecule has 9 nitrogen and oxygen atoms in total. The van der Waals surface area contributed by atoms with Crippen LogP contribution >= 0.6 is 46.4 Å². The van der Waals surface area contributed by atoms with Crippen LogP contribution in [0, 0.1) is 0 Å². The summed E-state index contributed by atoms with van der Waals surface area (Å²) < 4.78 is 0. The maximum absolute atomic E-state index is 13.5. The molecule has 0 aliphatic carbocycles. The van der Waals surface area contributed by atoms with E-state index in [9.17, 15) is 24.7 Å². The molecule has 1 aliphatic heterocycles. The van der Waals surface area contributed by atoms with Gasteiger partial charge in [0.1, 0.15) is 6.04 Å². The molecular weight excluding hydrogens is 530 g/mol. The van der Waals surface area contributed by atoms with Crippen molar-refractivity contribution in [3.8, 4) is 0 Å². The average molecular weight is 550 g/mol. The minimum atomic E-state index is -1.37. The first-order valence-electron chi connectivity index (χ1n) is 9.82. The summed E-state index contributed by atoms with van der Waals surface area (Å²) in [6.07, 6.45) is -1.36. The molecule has 1 saturated heterocycles. The predicted octanol–water partition coefficient (Wildman–Crippen LogP) is 6.04. The van der Waals surface area contributed by atoms with Crippen molar-refractivity contribution in [3.63, 3.8) is 0 Å². The Kier molecular flexibility index (Phi) is 7.45. The zero-order valence-electron chi connectivity index (χ0n) is 18.1. The Bertz CT molecular complexity index is 1160. The SMILES string of the molecule is CC(C(=O)O)N1C(=O)N(c2ccc(Cl)c(Cl)c2)C(N(O)C(=O)Nc2ccc(Cl)c(Cl)c2)C1(C)C. The number of amides is 4. The Balaban J connectivity index is 2.05. The van der Waals surface area contributed by atoms with E-state index >= 15 is 0 Å². The fraction of sp³-hybridized carbons (Fsp3) is 0.286. The van der Waals surface area contributed by atoms with Crippen LogP contribution in [0.25, 0.3) is 0 Å². The Morgan fingerprint density at radius 3 is 2.12 bits per heavy atom. The number of carbonyl (C=O) groups excluding carboxylic acids is 2. The number of nitrogens with one attached hydrogen (secondary N) is 1. The standard InChI is InChI=1S/C21H20Cl4N4O5/c1-10(17(30)31)28-20(33)27(12-5-7-14(23)16(25)9-12)18(21(28,2)3)29(34)19(32)26-11-4-6-13(22)15(24)8-11/h4-10,18,34H,1-3H3,(H,26,32)(H,30,31). The Labute approximate surface area is 215 Å². The first-order valence-corrected chi connectivity index (χ1v) is 11.3. The molecule has 182 valence electrons. The van der Waals surface area contributed by atoms with Crippen LogP contribution in [0.3, 0.4) is 0 Å². The van der Waals surface area contributed by atoms with E-state index in [2.05, 4.69) is 5.32 Å². The Hall–Kier alpha value is -2.43. The lowest BCUT2D eigenvalue weighted by atomic mass is 9.98. The van der Waals surface area contributed by atoms with Gasteiger partial charge in [-0.05, 0) is 57.2 Å². The van der Waals surface area contributed by atoms with E-state index in [1.807, 2.05) is 0 Å². The lowest BCUT2D eigenvalue weighted by Crippen LogP contribution is -2.59. The summed E-state index contributed by atoms with van der Waals surface area (Å²) in [6, 6.07) is 5.57. The summed E-state index contributed by atoms with van der Waals surface area (Å²) >= 11 is 24.0. The molecule has 2 atom stereocenters. The molecular formula is C21H20Cl4N4O5. The number of nitrogens with zero attached hydrogens (tertiary/aromatic N) is 3. The number of benzene rings is 2. The summed E-state index contributed by atoms with van der Waals surface area (Å²) in [7, 11) is 0. The Morgan fingerprint density at radius 1 is 1.03 bits per heavy atom. The van der Waals surface area contributed by atoms with Crippen LogP contribution in [0.4, 0.5) is 21.0 Å².